The van der Waals surface area contributed by atoms with E-state index in [1.165, 1.54) is 6.26 Å². The van der Waals surface area contributed by atoms with Crippen molar-refractivity contribution in [2.75, 3.05) is 6.54 Å². The number of Topliss-reactive ketones (excluding diaryl/α,β-unsaturated/α-hetero) is 1. The zero-order valence-electron chi connectivity index (χ0n) is 13.3. The molecule has 1 aliphatic heterocycles. The van der Waals surface area contributed by atoms with E-state index in [0.717, 1.165) is 6.42 Å². The number of nitrogens with zero attached hydrogens (tertiary/aromatic N) is 1. The van der Waals surface area contributed by atoms with E-state index in [1.807, 2.05) is 11.8 Å². The van der Waals surface area contributed by atoms with Crippen LogP contribution in [-0.2, 0) is 9.59 Å². The molecule has 0 spiro atoms. The molecule has 0 atom stereocenters. The Hall–Kier alpha value is -3.08. The zero-order valence-corrected chi connectivity index (χ0v) is 13.3. The Morgan fingerprint density at radius 3 is 2.46 bits per heavy atom. The van der Waals surface area contributed by atoms with E-state index in [2.05, 4.69) is 0 Å². The molecule has 3 heterocycles. The molecule has 3 rings (SSSR count). The third-order valence-corrected chi connectivity index (χ3v) is 3.64. The molecule has 0 unspecified atom stereocenters. The van der Waals surface area contributed by atoms with Crippen molar-refractivity contribution < 1.29 is 18.4 Å². The number of carbonyl (C=O) groups is 2. The summed E-state index contributed by atoms with van der Waals surface area (Å²) in [6.45, 7) is 2.70. The summed E-state index contributed by atoms with van der Waals surface area (Å²) in [6.07, 6.45) is 9.58. The van der Waals surface area contributed by atoms with Gasteiger partial charge in [-0.15, -0.1) is 0 Å². The Balaban J connectivity index is 1.97. The first-order valence-electron chi connectivity index (χ1n) is 7.72. The van der Waals surface area contributed by atoms with Gasteiger partial charge in [0.2, 0.25) is 5.78 Å². The van der Waals surface area contributed by atoms with Crippen molar-refractivity contribution in [2.45, 2.75) is 13.3 Å². The largest absolute Gasteiger partial charge is 0.465 e. The highest BCUT2D eigenvalue weighted by Gasteiger charge is 2.29. The average Bonchev–Trinajstić information content (AvgIpc) is 3.31. The summed E-state index contributed by atoms with van der Waals surface area (Å²) in [5.74, 6) is 0.915. The van der Waals surface area contributed by atoms with Crippen molar-refractivity contribution in [1.29, 1.82) is 0 Å². The maximum atomic E-state index is 12.8. The number of hydrogen-bond donors (Lipinski definition) is 0. The Labute approximate surface area is 139 Å². The van der Waals surface area contributed by atoms with Gasteiger partial charge in [-0.3, -0.25) is 9.59 Å². The number of hydrogen-bond acceptors (Lipinski definition) is 5. The molecule has 0 saturated carbocycles. The molecule has 0 bridgehead atoms. The van der Waals surface area contributed by atoms with E-state index in [-0.39, 0.29) is 5.78 Å². The highest BCUT2D eigenvalue weighted by Crippen LogP contribution is 2.29. The molecule has 2 aromatic rings. The average molecular weight is 323 g/mol. The van der Waals surface area contributed by atoms with Gasteiger partial charge in [0.25, 0.3) is 0 Å². The summed E-state index contributed by atoms with van der Waals surface area (Å²) in [5, 5.41) is 0. The first-order chi connectivity index (χ1) is 11.7. The Morgan fingerprint density at radius 2 is 1.88 bits per heavy atom. The Kier molecular flexibility index (Phi) is 4.61. The van der Waals surface area contributed by atoms with Gasteiger partial charge in [-0.05, 0) is 36.8 Å². The van der Waals surface area contributed by atoms with Crippen LogP contribution in [0.3, 0.4) is 0 Å². The van der Waals surface area contributed by atoms with Crippen LogP contribution >= 0.6 is 0 Å². The molecule has 0 N–H and O–H groups in total. The number of allylic oxidation sites excluding steroid dienone is 2. The lowest BCUT2D eigenvalue weighted by Crippen LogP contribution is -2.17. The van der Waals surface area contributed by atoms with Gasteiger partial charge in [0, 0.05) is 24.4 Å². The summed E-state index contributed by atoms with van der Waals surface area (Å²) in [6, 6.07) is 7.00. The van der Waals surface area contributed by atoms with Crippen molar-refractivity contribution in [3.63, 3.8) is 0 Å². The third kappa shape index (κ3) is 3.15. The van der Waals surface area contributed by atoms with Crippen LogP contribution in [0, 0.1) is 0 Å². The lowest BCUT2D eigenvalue weighted by molar-refractivity contribution is -0.113. The standard InChI is InChI=1S/C19H17NO4/c1-2-7-20-12-17(14(13-21)10-15-5-3-8-23-15)19(22)18(20)11-16-6-4-9-24-16/h3-6,8-13H,2,7H2,1H3/b14-10-,18-11+. The van der Waals surface area contributed by atoms with E-state index >= 15 is 0 Å². The van der Waals surface area contributed by atoms with Gasteiger partial charge in [0.15, 0.2) is 6.29 Å². The minimum atomic E-state index is -0.204. The van der Waals surface area contributed by atoms with Crippen molar-refractivity contribution in [2.24, 2.45) is 0 Å². The number of rotatable bonds is 6. The van der Waals surface area contributed by atoms with Gasteiger partial charge in [-0.25, -0.2) is 0 Å². The van der Waals surface area contributed by atoms with Gasteiger partial charge in [-0.2, -0.15) is 0 Å². The van der Waals surface area contributed by atoms with Crippen molar-refractivity contribution in [3.8, 4) is 0 Å². The summed E-state index contributed by atoms with van der Waals surface area (Å²) in [7, 11) is 0. The van der Waals surface area contributed by atoms with Crippen LogP contribution in [-0.4, -0.2) is 23.5 Å². The molecule has 24 heavy (non-hydrogen) atoms. The second kappa shape index (κ2) is 7.00. The summed E-state index contributed by atoms with van der Waals surface area (Å²) < 4.78 is 10.5. The quantitative estimate of drug-likeness (QED) is 0.599. The molecule has 2 aromatic heterocycles. The highest BCUT2D eigenvalue weighted by atomic mass is 16.3. The van der Waals surface area contributed by atoms with E-state index in [9.17, 15) is 9.59 Å². The van der Waals surface area contributed by atoms with Gasteiger partial charge in [-0.1, -0.05) is 6.92 Å². The van der Waals surface area contributed by atoms with Gasteiger partial charge in [0.1, 0.15) is 11.5 Å². The zero-order chi connectivity index (χ0) is 16.9. The molecule has 0 fully saturated rings. The van der Waals surface area contributed by atoms with E-state index in [1.54, 1.807) is 48.9 Å². The van der Waals surface area contributed by atoms with Gasteiger partial charge >= 0.3 is 0 Å². The molecular formula is C19H17NO4. The predicted molar refractivity (Wildman–Crippen MR) is 89.5 cm³/mol. The summed E-state index contributed by atoms with van der Waals surface area (Å²) in [4.78, 5) is 26.1. The van der Waals surface area contributed by atoms with Crippen molar-refractivity contribution in [3.05, 3.63) is 71.4 Å². The topological polar surface area (TPSA) is 63.7 Å². The van der Waals surface area contributed by atoms with Crippen molar-refractivity contribution in [1.82, 2.24) is 4.90 Å². The molecule has 0 radical (unpaired) electrons. The summed E-state index contributed by atoms with van der Waals surface area (Å²) >= 11 is 0. The minimum Gasteiger partial charge on any atom is -0.465 e. The fourth-order valence-electron chi connectivity index (χ4n) is 2.54. The second-order valence-corrected chi connectivity index (χ2v) is 5.34. The molecular weight excluding hydrogens is 306 g/mol. The second-order valence-electron chi connectivity index (χ2n) is 5.34. The van der Waals surface area contributed by atoms with Gasteiger partial charge in [0.05, 0.1) is 23.8 Å². The van der Waals surface area contributed by atoms with Crippen molar-refractivity contribution >= 4 is 24.2 Å². The van der Waals surface area contributed by atoms with Crippen LogP contribution in [0.15, 0.2) is 68.7 Å². The van der Waals surface area contributed by atoms with Crippen LogP contribution in [0.5, 0.6) is 0 Å². The number of ketones is 1. The fourth-order valence-corrected chi connectivity index (χ4v) is 2.54. The molecule has 5 nitrogen and oxygen atoms in total. The molecule has 0 amide bonds. The van der Waals surface area contributed by atoms with E-state index in [0.29, 0.717) is 41.2 Å². The van der Waals surface area contributed by atoms with Crippen LogP contribution in [0.4, 0.5) is 0 Å². The molecule has 5 heteroatoms. The first kappa shape index (κ1) is 15.8. The van der Waals surface area contributed by atoms with Crippen LogP contribution < -0.4 is 0 Å². The molecule has 0 aliphatic carbocycles. The third-order valence-electron chi connectivity index (χ3n) is 3.64. The van der Waals surface area contributed by atoms with E-state index < -0.39 is 0 Å². The van der Waals surface area contributed by atoms with Gasteiger partial charge < -0.3 is 13.7 Å². The van der Waals surface area contributed by atoms with E-state index in [4.69, 9.17) is 8.83 Å². The maximum Gasteiger partial charge on any atom is 0.211 e. The molecule has 0 aromatic carbocycles. The normalized spacial score (nSPS) is 16.8. The van der Waals surface area contributed by atoms with Crippen LogP contribution in [0.2, 0.25) is 0 Å². The minimum absolute atomic E-state index is 0.204. The molecule has 1 aliphatic rings. The highest BCUT2D eigenvalue weighted by molar-refractivity contribution is 6.19. The molecule has 122 valence electrons. The Morgan fingerprint density at radius 1 is 1.17 bits per heavy atom. The predicted octanol–water partition coefficient (Wildman–Crippen LogP) is 3.67. The number of carbonyl (C=O) groups excluding carboxylic acids is 2. The number of furan rings is 2. The molecule has 0 saturated heterocycles. The Bertz CT molecular complexity index is 808. The number of aldehydes is 1. The smallest absolute Gasteiger partial charge is 0.211 e. The summed E-state index contributed by atoms with van der Waals surface area (Å²) in [5.41, 5.74) is 1.14. The van der Waals surface area contributed by atoms with Crippen LogP contribution in [0.1, 0.15) is 24.9 Å². The lowest BCUT2D eigenvalue weighted by atomic mass is 10.0. The maximum absolute atomic E-state index is 12.8. The van der Waals surface area contributed by atoms with Crippen LogP contribution in [0.25, 0.3) is 12.2 Å². The lowest BCUT2D eigenvalue weighted by Gasteiger charge is -2.15. The first-order valence-corrected chi connectivity index (χ1v) is 7.72. The SMILES string of the molecule is CCCN1C=C(/C(C=O)=C\c2ccco2)C(=O)/C1=C\c1ccco1. The monoisotopic (exact) mass is 323 g/mol. The fraction of sp³-hybridized carbons (Fsp3) is 0.158.